The third-order valence-electron chi connectivity index (χ3n) is 20.1. The van der Waals surface area contributed by atoms with Gasteiger partial charge in [0, 0.05) is 45.0 Å². The number of allylic oxidation sites excluding steroid dienone is 4. The lowest BCUT2D eigenvalue weighted by Gasteiger charge is -2.48. The highest BCUT2D eigenvalue weighted by atomic mass is 15.2. The summed E-state index contributed by atoms with van der Waals surface area (Å²) in [6, 6.07) is 62.4. The van der Waals surface area contributed by atoms with E-state index in [1.807, 2.05) is 0 Å². The Kier molecular flexibility index (Phi) is 10.6. The molecule has 0 bridgehead atoms. The van der Waals surface area contributed by atoms with Gasteiger partial charge in [-0.25, -0.2) is 0 Å². The summed E-state index contributed by atoms with van der Waals surface area (Å²) in [5.41, 5.74) is 33.8. The van der Waals surface area contributed by atoms with Crippen LogP contribution in [0.25, 0.3) is 33.4 Å². The first kappa shape index (κ1) is 50.1. The maximum Gasteiger partial charge on any atom is 0.252 e. The van der Waals surface area contributed by atoms with E-state index >= 15 is 0 Å². The first-order valence-electron chi connectivity index (χ1n) is 29.6. The Balaban J connectivity index is 0.990. The molecule has 6 aliphatic rings. The van der Waals surface area contributed by atoms with Crippen molar-refractivity contribution < 1.29 is 0 Å². The Morgan fingerprint density at radius 1 is 0.430 bits per heavy atom. The number of benzene rings is 8. The Labute approximate surface area is 472 Å². The minimum atomic E-state index is -0.135. The first-order chi connectivity index (χ1) is 37.4. The van der Waals surface area contributed by atoms with Gasteiger partial charge in [0.1, 0.15) is 0 Å². The zero-order valence-corrected chi connectivity index (χ0v) is 49.4. The van der Waals surface area contributed by atoms with Crippen molar-refractivity contribution in [3.8, 4) is 22.3 Å². The summed E-state index contributed by atoms with van der Waals surface area (Å²) < 4.78 is 0. The van der Waals surface area contributed by atoms with Crippen LogP contribution in [0.3, 0.4) is 0 Å². The Bertz CT molecular complexity index is 3970. The molecule has 394 valence electrons. The second kappa shape index (κ2) is 16.7. The van der Waals surface area contributed by atoms with Crippen LogP contribution in [0.15, 0.2) is 169 Å². The van der Waals surface area contributed by atoms with Gasteiger partial charge in [-0.1, -0.05) is 212 Å². The van der Waals surface area contributed by atoms with Crippen molar-refractivity contribution in [3.05, 3.63) is 219 Å². The van der Waals surface area contributed by atoms with Gasteiger partial charge in [-0.05, 0) is 201 Å². The molecule has 3 heteroatoms. The third-order valence-corrected chi connectivity index (χ3v) is 20.1. The molecule has 0 unspecified atom stereocenters. The number of hydrogen-bond donors (Lipinski definition) is 0. The molecule has 2 aliphatic heterocycles. The fourth-order valence-corrected chi connectivity index (χ4v) is 15.6. The highest BCUT2D eigenvalue weighted by molar-refractivity contribution is 7.00. The van der Waals surface area contributed by atoms with Crippen molar-refractivity contribution in [1.82, 2.24) is 0 Å². The Hall–Kier alpha value is -7.10. The fourth-order valence-electron chi connectivity index (χ4n) is 15.6. The molecule has 14 rings (SSSR count). The fraction of sp³-hybridized carbons (Fsp3) is 0.316. The summed E-state index contributed by atoms with van der Waals surface area (Å²) in [6.07, 6.45) is 7.00. The van der Waals surface area contributed by atoms with Crippen LogP contribution in [-0.2, 0) is 32.5 Å². The first-order valence-corrected chi connectivity index (χ1v) is 29.6. The van der Waals surface area contributed by atoms with Crippen LogP contribution < -0.4 is 26.2 Å². The van der Waals surface area contributed by atoms with Gasteiger partial charge in [0.05, 0.1) is 0 Å². The van der Waals surface area contributed by atoms with Crippen LogP contribution in [-0.4, -0.2) is 6.71 Å². The molecule has 0 spiro atoms. The summed E-state index contributed by atoms with van der Waals surface area (Å²) in [5, 5.41) is 0. The van der Waals surface area contributed by atoms with Gasteiger partial charge in [-0.3, -0.25) is 0 Å². The zero-order valence-electron chi connectivity index (χ0n) is 49.4. The van der Waals surface area contributed by atoms with E-state index in [9.17, 15) is 0 Å². The molecule has 2 nitrogen and oxygen atoms in total. The van der Waals surface area contributed by atoms with Gasteiger partial charge in [0.2, 0.25) is 0 Å². The predicted octanol–water partition coefficient (Wildman–Crippen LogP) is 18.6. The topological polar surface area (TPSA) is 6.48 Å². The maximum atomic E-state index is 2.69. The average Bonchev–Trinajstić information content (AvgIpc) is 3.55. The van der Waals surface area contributed by atoms with E-state index < -0.39 is 0 Å². The van der Waals surface area contributed by atoms with Crippen molar-refractivity contribution in [2.45, 2.75) is 155 Å². The quantitative estimate of drug-likeness (QED) is 0.162. The van der Waals surface area contributed by atoms with E-state index in [4.69, 9.17) is 0 Å². The van der Waals surface area contributed by atoms with Gasteiger partial charge in [0.15, 0.2) is 0 Å². The van der Waals surface area contributed by atoms with Crippen LogP contribution >= 0.6 is 0 Å². The zero-order chi connectivity index (χ0) is 55.1. The third kappa shape index (κ3) is 7.29. The van der Waals surface area contributed by atoms with Crippen molar-refractivity contribution >= 4 is 68.4 Å². The van der Waals surface area contributed by atoms with E-state index in [0.717, 1.165) is 19.3 Å². The highest BCUT2D eigenvalue weighted by Crippen LogP contribution is 2.57. The van der Waals surface area contributed by atoms with Crippen molar-refractivity contribution in [2.75, 3.05) is 9.80 Å². The lowest BCUT2D eigenvalue weighted by atomic mass is 9.33. The largest absolute Gasteiger partial charge is 0.311 e. The SMILES string of the molecule is CC(C)(C)c1ccc2c(c1)N(c1ccc(C3=CCCC4=C3C(C)(C)c3ccccc34)cc1)c1cc(C(C)(C)C)cc3c1B2c1cc2c(cc1N3c1ccc(-c3cccc4c3C(C)(C)c3ccccc3-4)cc1)C(C)(C)CCC2(C)C. The lowest BCUT2D eigenvalue weighted by Crippen LogP contribution is -2.62. The van der Waals surface area contributed by atoms with Gasteiger partial charge >= 0.3 is 0 Å². The van der Waals surface area contributed by atoms with Gasteiger partial charge in [0.25, 0.3) is 6.71 Å². The molecule has 0 atom stereocenters. The van der Waals surface area contributed by atoms with Gasteiger partial charge in [-0.15, -0.1) is 0 Å². The normalized spacial score (nSPS) is 18.4. The Morgan fingerprint density at radius 2 is 0.949 bits per heavy atom. The van der Waals surface area contributed by atoms with Crippen LogP contribution in [0.4, 0.5) is 34.1 Å². The van der Waals surface area contributed by atoms with E-state index in [0.29, 0.717) is 0 Å². The predicted molar refractivity (Wildman–Crippen MR) is 340 cm³/mol. The highest BCUT2D eigenvalue weighted by Gasteiger charge is 2.48. The summed E-state index contributed by atoms with van der Waals surface area (Å²) in [4.78, 5) is 5.33. The molecule has 8 aromatic carbocycles. The number of nitrogens with zero attached hydrogens (tertiary/aromatic N) is 2. The second-order valence-electron chi connectivity index (χ2n) is 28.7. The molecule has 79 heavy (non-hydrogen) atoms. The summed E-state index contributed by atoms with van der Waals surface area (Å²) >= 11 is 0. The number of anilines is 6. The molecule has 0 saturated carbocycles. The molecule has 2 heterocycles. The monoisotopic (exact) mass is 1030 g/mol. The van der Waals surface area contributed by atoms with E-state index in [2.05, 4.69) is 271 Å². The van der Waals surface area contributed by atoms with Crippen LogP contribution in [0.5, 0.6) is 0 Å². The van der Waals surface area contributed by atoms with Crippen LogP contribution in [0.1, 0.15) is 173 Å². The molecule has 0 N–H and O–H groups in total. The van der Waals surface area contributed by atoms with Gasteiger partial charge in [-0.2, -0.15) is 0 Å². The van der Waals surface area contributed by atoms with E-state index in [1.165, 1.54) is 146 Å². The number of rotatable bonds is 4. The number of fused-ring (bicyclic) bond motifs is 10. The summed E-state index contributed by atoms with van der Waals surface area (Å²) in [7, 11) is 0. The Morgan fingerprint density at radius 3 is 1.57 bits per heavy atom. The van der Waals surface area contributed by atoms with Crippen molar-refractivity contribution in [3.63, 3.8) is 0 Å². The average molecular weight is 1030 g/mol. The molecule has 0 radical (unpaired) electrons. The minimum Gasteiger partial charge on any atom is -0.311 e. The molecule has 4 aliphatic carbocycles. The minimum absolute atomic E-state index is 0.0231. The molecule has 0 fully saturated rings. The van der Waals surface area contributed by atoms with Crippen LogP contribution in [0, 0.1) is 0 Å². The molecular formula is C76H77BN2. The van der Waals surface area contributed by atoms with Crippen molar-refractivity contribution in [2.24, 2.45) is 0 Å². The maximum absolute atomic E-state index is 2.69. The molecular weight excluding hydrogens is 952 g/mol. The summed E-state index contributed by atoms with van der Waals surface area (Å²) in [6.45, 7) is 33.9. The van der Waals surface area contributed by atoms with E-state index in [1.54, 1.807) is 0 Å². The number of hydrogen-bond acceptors (Lipinski definition) is 2. The van der Waals surface area contributed by atoms with E-state index in [-0.39, 0.29) is 39.2 Å². The van der Waals surface area contributed by atoms with Crippen molar-refractivity contribution in [1.29, 1.82) is 0 Å². The molecule has 0 aromatic heterocycles. The lowest BCUT2D eigenvalue weighted by molar-refractivity contribution is 0.332. The molecule has 0 saturated heterocycles. The smallest absolute Gasteiger partial charge is 0.252 e. The molecule has 0 amide bonds. The molecule has 8 aromatic rings. The standard InChI is InChI=1S/C76H77BN2/c1-71(2,3)48-33-38-62-64(41-48)78(50-34-29-46(30-35-50)52-23-19-25-56-54-21-15-17-27-58(54)75(11,12)68(52)56)66-42-49(72(4,5)6)43-67-70(66)77(62)63-44-60-61(74(9,10)40-39-73(60,7)8)45-65(63)79(67)51-36-31-47(32-37-51)53-24-20-26-57-55-22-16-18-28-59(55)76(13,14)69(53)57/h15-18,20-24,26-38,41-45H,19,25,39-40H2,1-14H3. The summed E-state index contributed by atoms with van der Waals surface area (Å²) in [5.74, 6) is 0. The van der Waals surface area contributed by atoms with Crippen LogP contribution in [0.2, 0.25) is 0 Å². The second-order valence-corrected chi connectivity index (χ2v) is 28.7. The van der Waals surface area contributed by atoms with Gasteiger partial charge < -0.3 is 9.80 Å².